The van der Waals surface area contributed by atoms with Crippen LogP contribution in [0.4, 0.5) is 0 Å². The number of carbonyl (C=O) groups is 1. The van der Waals surface area contributed by atoms with Gasteiger partial charge in [0, 0.05) is 17.1 Å². The van der Waals surface area contributed by atoms with Crippen LogP contribution in [0.25, 0.3) is 16.2 Å². The van der Waals surface area contributed by atoms with Crippen LogP contribution < -0.4 is 4.74 Å². The van der Waals surface area contributed by atoms with Crippen molar-refractivity contribution in [2.24, 2.45) is 0 Å². The van der Waals surface area contributed by atoms with Crippen molar-refractivity contribution in [3.63, 3.8) is 0 Å². The van der Waals surface area contributed by atoms with Crippen LogP contribution in [0, 0.1) is 0 Å². The predicted octanol–water partition coefficient (Wildman–Crippen LogP) is 4.11. The van der Waals surface area contributed by atoms with E-state index in [1.165, 1.54) is 16.9 Å². The van der Waals surface area contributed by atoms with E-state index in [9.17, 15) is 4.79 Å². The number of imidazole rings is 1. The second kappa shape index (κ2) is 6.42. The largest absolute Gasteiger partial charge is 0.493 e. The minimum atomic E-state index is -1.02. The molecule has 0 aliphatic rings. The van der Waals surface area contributed by atoms with E-state index in [1.807, 2.05) is 22.8 Å². The van der Waals surface area contributed by atoms with Gasteiger partial charge in [0.15, 0.2) is 10.7 Å². The number of carboxylic acids is 1. The number of rotatable bonds is 6. The Balaban J connectivity index is 2.15. The van der Waals surface area contributed by atoms with E-state index in [-0.39, 0.29) is 5.69 Å². The SMILES string of the molecule is CCCc1ccc(OCC)c(-c2csc3nc(C(=O)O)cn23)c1. The van der Waals surface area contributed by atoms with Gasteiger partial charge in [0.1, 0.15) is 5.75 Å². The monoisotopic (exact) mass is 330 g/mol. The fourth-order valence-corrected chi connectivity index (χ4v) is 3.46. The van der Waals surface area contributed by atoms with E-state index in [2.05, 4.69) is 24.0 Å². The van der Waals surface area contributed by atoms with Crippen LogP contribution in [0.5, 0.6) is 5.75 Å². The molecule has 0 aliphatic carbocycles. The molecule has 1 N–H and O–H groups in total. The lowest BCUT2D eigenvalue weighted by molar-refractivity contribution is 0.0691. The van der Waals surface area contributed by atoms with Crippen molar-refractivity contribution in [1.29, 1.82) is 0 Å². The highest BCUT2D eigenvalue weighted by atomic mass is 32.1. The standard InChI is InChI=1S/C17H18N2O3S/c1-3-5-11-6-7-15(22-4-2)12(8-11)14-10-23-17-18-13(16(20)21)9-19(14)17/h6-10H,3-5H2,1-2H3,(H,20,21). The maximum atomic E-state index is 11.1. The number of thiazole rings is 1. The summed E-state index contributed by atoms with van der Waals surface area (Å²) in [6.07, 6.45) is 3.63. The highest BCUT2D eigenvalue weighted by Gasteiger charge is 2.16. The average molecular weight is 330 g/mol. The van der Waals surface area contributed by atoms with E-state index >= 15 is 0 Å². The molecule has 120 valence electrons. The van der Waals surface area contributed by atoms with Crippen LogP contribution in [0.15, 0.2) is 29.8 Å². The van der Waals surface area contributed by atoms with E-state index in [4.69, 9.17) is 9.84 Å². The second-order valence-electron chi connectivity index (χ2n) is 5.22. The van der Waals surface area contributed by atoms with Crippen LogP contribution in [0.1, 0.15) is 36.3 Å². The lowest BCUT2D eigenvalue weighted by Gasteiger charge is -2.11. The van der Waals surface area contributed by atoms with E-state index < -0.39 is 5.97 Å². The summed E-state index contributed by atoms with van der Waals surface area (Å²) in [6, 6.07) is 6.19. The molecule has 1 aromatic carbocycles. The van der Waals surface area contributed by atoms with Crippen molar-refractivity contribution in [1.82, 2.24) is 9.38 Å². The molecule has 0 fully saturated rings. The molecule has 0 spiro atoms. The molecule has 0 unspecified atom stereocenters. The minimum Gasteiger partial charge on any atom is -0.493 e. The molecule has 3 aromatic rings. The number of aryl methyl sites for hydroxylation is 1. The number of aromatic carboxylic acids is 1. The normalized spacial score (nSPS) is 11.0. The predicted molar refractivity (Wildman–Crippen MR) is 90.6 cm³/mol. The molecule has 2 aromatic heterocycles. The number of ether oxygens (including phenoxy) is 1. The van der Waals surface area contributed by atoms with Gasteiger partial charge < -0.3 is 9.84 Å². The molecule has 23 heavy (non-hydrogen) atoms. The Labute approximate surface area is 138 Å². The van der Waals surface area contributed by atoms with Gasteiger partial charge in [0.25, 0.3) is 0 Å². The highest BCUT2D eigenvalue weighted by molar-refractivity contribution is 7.15. The summed E-state index contributed by atoms with van der Waals surface area (Å²) >= 11 is 1.43. The van der Waals surface area contributed by atoms with E-state index in [0.29, 0.717) is 11.6 Å². The summed E-state index contributed by atoms with van der Waals surface area (Å²) in [4.78, 5) is 15.9. The van der Waals surface area contributed by atoms with Crippen LogP contribution in [0.2, 0.25) is 0 Å². The van der Waals surface area contributed by atoms with Gasteiger partial charge in [-0.15, -0.1) is 11.3 Å². The number of benzene rings is 1. The Bertz CT molecular complexity index is 851. The number of carboxylic acid groups (broad SMARTS) is 1. The molecule has 0 radical (unpaired) electrons. The van der Waals surface area contributed by atoms with Crippen molar-refractivity contribution in [3.8, 4) is 17.0 Å². The zero-order chi connectivity index (χ0) is 16.4. The third kappa shape index (κ3) is 2.94. The lowest BCUT2D eigenvalue weighted by Crippen LogP contribution is -1.97. The zero-order valence-electron chi connectivity index (χ0n) is 13.1. The van der Waals surface area contributed by atoms with E-state index in [0.717, 1.165) is 29.8 Å². The second-order valence-corrected chi connectivity index (χ2v) is 6.05. The first-order valence-electron chi connectivity index (χ1n) is 7.60. The first-order chi connectivity index (χ1) is 11.1. The molecular weight excluding hydrogens is 312 g/mol. The van der Waals surface area contributed by atoms with Gasteiger partial charge in [0.05, 0.1) is 12.3 Å². The Morgan fingerprint density at radius 3 is 2.91 bits per heavy atom. The number of hydrogen-bond donors (Lipinski definition) is 1. The van der Waals surface area contributed by atoms with Crippen molar-refractivity contribution in [3.05, 3.63) is 41.0 Å². The van der Waals surface area contributed by atoms with Gasteiger partial charge >= 0.3 is 5.97 Å². The fraction of sp³-hybridized carbons (Fsp3) is 0.294. The Kier molecular flexibility index (Phi) is 4.34. The average Bonchev–Trinajstić information content (AvgIpc) is 3.09. The summed E-state index contributed by atoms with van der Waals surface area (Å²) in [5, 5.41) is 11.1. The van der Waals surface area contributed by atoms with Crippen molar-refractivity contribution >= 4 is 22.3 Å². The van der Waals surface area contributed by atoms with E-state index in [1.54, 1.807) is 6.20 Å². The fourth-order valence-electron chi connectivity index (χ4n) is 2.58. The maximum Gasteiger partial charge on any atom is 0.356 e. The molecule has 5 nitrogen and oxygen atoms in total. The van der Waals surface area contributed by atoms with Crippen molar-refractivity contribution in [2.45, 2.75) is 26.7 Å². The number of fused-ring (bicyclic) bond motifs is 1. The third-order valence-corrected chi connectivity index (χ3v) is 4.43. The highest BCUT2D eigenvalue weighted by Crippen LogP contribution is 2.34. The van der Waals surface area contributed by atoms with Gasteiger partial charge in [-0.25, -0.2) is 9.78 Å². The van der Waals surface area contributed by atoms with Crippen LogP contribution in [-0.2, 0) is 6.42 Å². The summed E-state index contributed by atoms with van der Waals surface area (Å²) < 4.78 is 7.57. The lowest BCUT2D eigenvalue weighted by atomic mass is 10.0. The first-order valence-corrected chi connectivity index (χ1v) is 8.48. The molecule has 0 saturated heterocycles. The molecule has 0 aliphatic heterocycles. The third-order valence-electron chi connectivity index (χ3n) is 3.59. The molecule has 6 heteroatoms. The topological polar surface area (TPSA) is 63.8 Å². The van der Waals surface area contributed by atoms with Crippen LogP contribution in [-0.4, -0.2) is 27.1 Å². The zero-order valence-corrected chi connectivity index (χ0v) is 13.9. The van der Waals surface area contributed by atoms with Crippen LogP contribution >= 0.6 is 11.3 Å². The Hall–Kier alpha value is -2.34. The van der Waals surface area contributed by atoms with Gasteiger partial charge in [-0.05, 0) is 31.0 Å². The van der Waals surface area contributed by atoms with Gasteiger partial charge in [-0.3, -0.25) is 4.40 Å². The Morgan fingerprint density at radius 2 is 2.22 bits per heavy atom. The molecule has 3 rings (SSSR count). The number of aromatic nitrogens is 2. The van der Waals surface area contributed by atoms with Gasteiger partial charge in [-0.1, -0.05) is 19.4 Å². The molecule has 0 bridgehead atoms. The maximum absolute atomic E-state index is 11.1. The summed E-state index contributed by atoms with van der Waals surface area (Å²) in [6.45, 7) is 4.68. The van der Waals surface area contributed by atoms with Crippen molar-refractivity contribution in [2.75, 3.05) is 6.61 Å². The molecular formula is C17H18N2O3S. The summed E-state index contributed by atoms with van der Waals surface area (Å²) in [7, 11) is 0. The minimum absolute atomic E-state index is 0.0563. The summed E-state index contributed by atoms with van der Waals surface area (Å²) in [5.74, 6) is -0.214. The van der Waals surface area contributed by atoms with Crippen molar-refractivity contribution < 1.29 is 14.6 Å². The molecule has 0 saturated carbocycles. The van der Waals surface area contributed by atoms with Gasteiger partial charge in [-0.2, -0.15) is 0 Å². The molecule has 2 heterocycles. The van der Waals surface area contributed by atoms with Crippen LogP contribution in [0.3, 0.4) is 0 Å². The van der Waals surface area contributed by atoms with Gasteiger partial charge in [0.2, 0.25) is 0 Å². The first kappa shape index (κ1) is 15.6. The quantitative estimate of drug-likeness (QED) is 0.738. The smallest absolute Gasteiger partial charge is 0.356 e. The molecule has 0 amide bonds. The Morgan fingerprint density at radius 1 is 1.39 bits per heavy atom. The number of nitrogens with zero attached hydrogens (tertiary/aromatic N) is 2. The number of hydrogen-bond acceptors (Lipinski definition) is 4. The summed E-state index contributed by atoms with van der Waals surface area (Å²) in [5.41, 5.74) is 3.18. The molecule has 0 atom stereocenters.